The van der Waals surface area contributed by atoms with E-state index in [0.29, 0.717) is 0 Å². The summed E-state index contributed by atoms with van der Waals surface area (Å²) in [4.78, 5) is 0. The molecule has 0 N–H and O–H groups in total. The van der Waals surface area contributed by atoms with Gasteiger partial charge in [0.2, 0.25) is 0 Å². The standard InChI is InChI=1S/C15H13BrO.C4H9Si/c16-13-8-6-12-7-9-14(17-15(12)10-13)11-4-2-1-3-5-11;1-2-3-4-5/h1-6,8,10,14H,7,9H2;2-4H2,1H3. The molecular weight excluding hydrogens is 352 g/mol. The van der Waals surface area contributed by atoms with Crippen molar-refractivity contribution in [3.63, 3.8) is 0 Å². The lowest BCUT2D eigenvalue weighted by atomic mass is 9.98. The van der Waals surface area contributed by atoms with Gasteiger partial charge < -0.3 is 4.74 Å². The molecule has 22 heavy (non-hydrogen) atoms. The van der Waals surface area contributed by atoms with Crippen molar-refractivity contribution in [2.24, 2.45) is 0 Å². The second-order valence-corrected chi connectivity index (χ2v) is 6.83. The first-order valence-electron chi connectivity index (χ1n) is 7.89. The summed E-state index contributed by atoms with van der Waals surface area (Å²) in [6, 6.07) is 17.9. The summed E-state index contributed by atoms with van der Waals surface area (Å²) in [6.45, 7) is 2.18. The van der Waals surface area contributed by atoms with Gasteiger partial charge in [-0.2, -0.15) is 0 Å². The lowest BCUT2D eigenvalue weighted by Crippen LogP contribution is -2.14. The van der Waals surface area contributed by atoms with Gasteiger partial charge in [0.25, 0.3) is 0 Å². The summed E-state index contributed by atoms with van der Waals surface area (Å²) in [6.07, 6.45) is 4.93. The van der Waals surface area contributed by atoms with E-state index in [9.17, 15) is 0 Å². The molecular formula is C19H22BrOSi. The van der Waals surface area contributed by atoms with E-state index < -0.39 is 0 Å². The first-order chi connectivity index (χ1) is 10.7. The number of rotatable bonds is 3. The van der Waals surface area contributed by atoms with Gasteiger partial charge in [0, 0.05) is 14.7 Å². The van der Waals surface area contributed by atoms with Gasteiger partial charge in [-0.1, -0.05) is 78.1 Å². The van der Waals surface area contributed by atoms with Crippen LogP contribution in [0.4, 0.5) is 0 Å². The molecule has 115 valence electrons. The maximum atomic E-state index is 6.07. The summed E-state index contributed by atoms with van der Waals surface area (Å²) in [5.74, 6) is 1.01. The molecule has 0 saturated heterocycles. The Morgan fingerprint density at radius 2 is 1.95 bits per heavy atom. The van der Waals surface area contributed by atoms with Crippen LogP contribution < -0.4 is 4.74 Å². The Morgan fingerprint density at radius 3 is 2.59 bits per heavy atom. The third-order valence-electron chi connectivity index (χ3n) is 3.68. The number of benzene rings is 2. The molecule has 1 unspecified atom stereocenters. The minimum atomic E-state index is 0.193. The van der Waals surface area contributed by atoms with Crippen molar-refractivity contribution in [3.05, 3.63) is 64.1 Å². The van der Waals surface area contributed by atoms with E-state index >= 15 is 0 Å². The molecule has 1 aliphatic rings. The van der Waals surface area contributed by atoms with Gasteiger partial charge >= 0.3 is 0 Å². The molecule has 0 saturated carbocycles. The Morgan fingerprint density at radius 1 is 1.18 bits per heavy atom. The lowest BCUT2D eigenvalue weighted by molar-refractivity contribution is 0.176. The van der Waals surface area contributed by atoms with Crippen LogP contribution >= 0.6 is 15.9 Å². The van der Waals surface area contributed by atoms with Gasteiger partial charge in [0.1, 0.15) is 11.9 Å². The van der Waals surface area contributed by atoms with Crippen LogP contribution in [-0.2, 0) is 6.42 Å². The molecule has 0 aromatic heterocycles. The lowest BCUT2D eigenvalue weighted by Gasteiger charge is -2.26. The molecule has 1 nitrogen and oxygen atoms in total. The maximum absolute atomic E-state index is 6.07. The van der Waals surface area contributed by atoms with E-state index in [0.717, 1.165) is 29.1 Å². The number of fused-ring (bicyclic) bond motifs is 1. The van der Waals surface area contributed by atoms with Gasteiger partial charge in [-0.15, -0.1) is 0 Å². The Bertz CT molecular complexity index is 569. The van der Waals surface area contributed by atoms with Crippen LogP contribution in [0.25, 0.3) is 0 Å². The minimum Gasteiger partial charge on any atom is -0.485 e. The predicted octanol–water partition coefficient (Wildman–Crippen LogP) is 5.89. The molecule has 0 spiro atoms. The first-order valence-corrected chi connectivity index (χ1v) is 9.39. The van der Waals surface area contributed by atoms with Crippen molar-refractivity contribution in [2.75, 3.05) is 0 Å². The van der Waals surface area contributed by atoms with Crippen LogP contribution in [0.3, 0.4) is 0 Å². The molecule has 3 radical (unpaired) electrons. The molecule has 1 aliphatic heterocycles. The Labute approximate surface area is 145 Å². The number of hydrogen-bond donors (Lipinski definition) is 0. The fraction of sp³-hybridized carbons (Fsp3) is 0.368. The predicted molar refractivity (Wildman–Crippen MR) is 97.7 cm³/mol. The second kappa shape index (κ2) is 9.16. The summed E-state index contributed by atoms with van der Waals surface area (Å²) >= 11 is 3.49. The normalized spacial score (nSPS) is 16.0. The van der Waals surface area contributed by atoms with Crippen LogP contribution in [0.1, 0.15) is 43.4 Å². The summed E-state index contributed by atoms with van der Waals surface area (Å²) in [7, 11) is 3.35. The first kappa shape index (κ1) is 17.3. The van der Waals surface area contributed by atoms with Crippen molar-refractivity contribution in [3.8, 4) is 5.75 Å². The highest BCUT2D eigenvalue weighted by Crippen LogP contribution is 2.36. The van der Waals surface area contributed by atoms with Gasteiger partial charge in [0.05, 0.1) is 0 Å². The average Bonchev–Trinajstić information content (AvgIpc) is 2.56. The Kier molecular flexibility index (Phi) is 7.20. The van der Waals surface area contributed by atoms with Gasteiger partial charge in [-0.25, -0.2) is 0 Å². The smallest absolute Gasteiger partial charge is 0.124 e. The Balaban J connectivity index is 0.000000309. The van der Waals surface area contributed by atoms with Crippen LogP contribution in [0.2, 0.25) is 6.04 Å². The largest absolute Gasteiger partial charge is 0.485 e. The Hall–Kier alpha value is -1.06. The second-order valence-electron chi connectivity index (χ2n) is 5.41. The number of unbranched alkanes of at least 4 members (excludes halogenated alkanes) is 1. The van der Waals surface area contributed by atoms with E-state index in [1.165, 1.54) is 24.0 Å². The third kappa shape index (κ3) is 4.99. The molecule has 1 heterocycles. The summed E-state index contributed by atoms with van der Waals surface area (Å²) in [5.41, 5.74) is 2.57. The van der Waals surface area contributed by atoms with Crippen molar-refractivity contribution in [1.29, 1.82) is 0 Å². The highest BCUT2D eigenvalue weighted by Gasteiger charge is 2.20. The highest BCUT2D eigenvalue weighted by molar-refractivity contribution is 9.10. The molecule has 1 atom stereocenters. The van der Waals surface area contributed by atoms with E-state index in [1.54, 1.807) is 0 Å². The topological polar surface area (TPSA) is 9.23 Å². The zero-order valence-electron chi connectivity index (χ0n) is 13.0. The van der Waals surface area contributed by atoms with Gasteiger partial charge in [-0.3, -0.25) is 0 Å². The molecule has 2 aromatic rings. The number of ether oxygens (including phenoxy) is 1. The molecule has 0 bridgehead atoms. The summed E-state index contributed by atoms with van der Waals surface area (Å²) < 4.78 is 7.14. The quantitative estimate of drug-likeness (QED) is 0.609. The molecule has 2 aromatic carbocycles. The molecule has 3 rings (SSSR count). The van der Waals surface area contributed by atoms with Crippen molar-refractivity contribution < 1.29 is 4.74 Å². The van der Waals surface area contributed by atoms with E-state index in [2.05, 4.69) is 75.6 Å². The fourth-order valence-corrected chi connectivity index (χ4v) is 3.12. The third-order valence-corrected chi connectivity index (χ3v) is 4.52. The zero-order valence-corrected chi connectivity index (χ0v) is 15.6. The van der Waals surface area contributed by atoms with Crippen LogP contribution in [0.15, 0.2) is 53.0 Å². The molecule has 0 aliphatic carbocycles. The van der Waals surface area contributed by atoms with Gasteiger partial charge in [0.15, 0.2) is 0 Å². The monoisotopic (exact) mass is 373 g/mol. The van der Waals surface area contributed by atoms with Gasteiger partial charge in [-0.05, 0) is 36.1 Å². The summed E-state index contributed by atoms with van der Waals surface area (Å²) in [5, 5.41) is 0. The van der Waals surface area contributed by atoms with Crippen LogP contribution in [0.5, 0.6) is 5.75 Å². The van der Waals surface area contributed by atoms with Crippen molar-refractivity contribution in [2.45, 2.75) is 44.8 Å². The van der Waals surface area contributed by atoms with E-state index in [1.807, 2.05) is 6.07 Å². The SMILES string of the molecule is Brc1ccc2c(c1)OC(c1ccccc1)CC2.CCCC[Si]. The number of aryl methyl sites for hydroxylation is 1. The highest BCUT2D eigenvalue weighted by atomic mass is 79.9. The number of halogens is 1. The molecule has 3 heteroatoms. The number of hydrogen-bond acceptors (Lipinski definition) is 1. The zero-order chi connectivity index (χ0) is 15.8. The fourth-order valence-electron chi connectivity index (χ4n) is 2.42. The molecule has 0 fully saturated rings. The average molecular weight is 374 g/mol. The van der Waals surface area contributed by atoms with Crippen molar-refractivity contribution >= 4 is 26.2 Å². The van der Waals surface area contributed by atoms with E-state index in [-0.39, 0.29) is 6.10 Å². The minimum absolute atomic E-state index is 0.193. The maximum Gasteiger partial charge on any atom is 0.124 e. The molecule has 0 amide bonds. The van der Waals surface area contributed by atoms with Crippen LogP contribution in [0, 0.1) is 0 Å². The van der Waals surface area contributed by atoms with Crippen molar-refractivity contribution in [1.82, 2.24) is 0 Å². The van der Waals surface area contributed by atoms with Crippen LogP contribution in [-0.4, -0.2) is 10.2 Å². The van der Waals surface area contributed by atoms with E-state index in [4.69, 9.17) is 4.74 Å².